The monoisotopic (exact) mass is 393 g/mol. The number of hydrogen-bond donors (Lipinski definition) is 1. The van der Waals surface area contributed by atoms with Crippen molar-refractivity contribution in [2.24, 2.45) is 0 Å². The number of allylic oxidation sites excluding steroid dienone is 1. The van der Waals surface area contributed by atoms with Crippen LogP contribution in [0.3, 0.4) is 0 Å². The molecule has 1 N–H and O–H groups in total. The molecule has 0 unspecified atom stereocenters. The van der Waals surface area contributed by atoms with Crippen LogP contribution in [-0.4, -0.2) is 16.1 Å². The average molecular weight is 394 g/mol. The van der Waals surface area contributed by atoms with Gasteiger partial charge in [0.25, 0.3) is 0 Å². The fourth-order valence-electron chi connectivity index (χ4n) is 4.07. The normalized spacial score (nSPS) is 11.2. The molecule has 4 rings (SSSR count). The molecule has 150 valence electrons. The van der Waals surface area contributed by atoms with Crippen molar-refractivity contribution in [1.82, 2.24) is 14.9 Å². The SMILES string of the molecule is C=C(C)NCCc1cn(C(c2ccccc2)(c2ccccc2)c2ccccc2)cn1. The molecule has 1 aromatic heterocycles. The molecule has 0 spiro atoms. The van der Waals surface area contributed by atoms with Gasteiger partial charge in [-0.25, -0.2) is 4.98 Å². The Kier molecular flexibility index (Phi) is 5.80. The fourth-order valence-corrected chi connectivity index (χ4v) is 4.07. The van der Waals surface area contributed by atoms with Crippen molar-refractivity contribution < 1.29 is 0 Å². The van der Waals surface area contributed by atoms with E-state index in [2.05, 4.69) is 114 Å². The van der Waals surface area contributed by atoms with Gasteiger partial charge in [0.05, 0.1) is 12.0 Å². The summed E-state index contributed by atoms with van der Waals surface area (Å²) in [5, 5.41) is 3.29. The van der Waals surface area contributed by atoms with Gasteiger partial charge in [-0.3, -0.25) is 0 Å². The standard InChI is InChI=1S/C27H27N3/c1-22(2)28-19-18-26-20-30(21-29-26)27(23-12-6-3-7-13-23,24-14-8-4-9-15-24)25-16-10-5-11-17-25/h3-17,20-21,28H,1,18-19H2,2H3. The van der Waals surface area contributed by atoms with Crippen LogP contribution in [0.15, 0.2) is 116 Å². The minimum atomic E-state index is -0.503. The molecule has 0 aliphatic heterocycles. The number of hydrogen-bond acceptors (Lipinski definition) is 2. The molecule has 3 heteroatoms. The molecule has 0 amide bonds. The van der Waals surface area contributed by atoms with Crippen molar-refractivity contribution in [2.75, 3.05) is 6.54 Å². The molecule has 0 bridgehead atoms. The van der Waals surface area contributed by atoms with E-state index < -0.39 is 5.54 Å². The van der Waals surface area contributed by atoms with Crippen LogP contribution in [0.5, 0.6) is 0 Å². The van der Waals surface area contributed by atoms with E-state index in [1.54, 1.807) is 0 Å². The molecule has 0 aliphatic rings. The highest BCUT2D eigenvalue weighted by Gasteiger charge is 2.38. The molecule has 0 atom stereocenters. The van der Waals surface area contributed by atoms with Crippen molar-refractivity contribution in [3.05, 3.63) is 138 Å². The van der Waals surface area contributed by atoms with Crippen LogP contribution < -0.4 is 5.32 Å². The van der Waals surface area contributed by atoms with Gasteiger partial charge in [0, 0.05) is 24.9 Å². The number of nitrogens with zero attached hydrogens (tertiary/aromatic N) is 2. The van der Waals surface area contributed by atoms with E-state index in [1.807, 2.05) is 13.3 Å². The van der Waals surface area contributed by atoms with Gasteiger partial charge < -0.3 is 9.88 Å². The summed E-state index contributed by atoms with van der Waals surface area (Å²) in [6.45, 7) is 6.71. The van der Waals surface area contributed by atoms with Crippen LogP contribution in [0.1, 0.15) is 29.3 Å². The first-order valence-electron chi connectivity index (χ1n) is 10.3. The van der Waals surface area contributed by atoms with Crippen LogP contribution in [0.25, 0.3) is 0 Å². The van der Waals surface area contributed by atoms with Gasteiger partial charge >= 0.3 is 0 Å². The Bertz CT molecular complexity index is 986. The Hall–Kier alpha value is -3.59. The number of benzene rings is 3. The highest BCUT2D eigenvalue weighted by atomic mass is 15.1. The van der Waals surface area contributed by atoms with Gasteiger partial charge in [0.15, 0.2) is 0 Å². The molecule has 0 saturated carbocycles. The van der Waals surface area contributed by atoms with Gasteiger partial charge in [-0.15, -0.1) is 0 Å². The number of rotatable bonds is 8. The second-order valence-electron chi connectivity index (χ2n) is 7.54. The van der Waals surface area contributed by atoms with Gasteiger partial charge in [0.1, 0.15) is 5.54 Å². The minimum Gasteiger partial charge on any atom is -0.389 e. The summed E-state index contributed by atoms with van der Waals surface area (Å²) in [4.78, 5) is 4.75. The maximum atomic E-state index is 4.75. The minimum absolute atomic E-state index is 0.503. The van der Waals surface area contributed by atoms with Gasteiger partial charge in [-0.05, 0) is 23.6 Å². The molecule has 3 aromatic carbocycles. The smallest absolute Gasteiger partial charge is 0.121 e. The predicted molar refractivity (Wildman–Crippen MR) is 123 cm³/mol. The van der Waals surface area contributed by atoms with Crippen molar-refractivity contribution in [3.63, 3.8) is 0 Å². The van der Waals surface area contributed by atoms with E-state index >= 15 is 0 Å². The highest BCUT2D eigenvalue weighted by molar-refractivity contribution is 5.50. The highest BCUT2D eigenvalue weighted by Crippen LogP contribution is 2.40. The first-order valence-corrected chi connectivity index (χ1v) is 10.3. The molecule has 0 saturated heterocycles. The zero-order valence-corrected chi connectivity index (χ0v) is 17.3. The van der Waals surface area contributed by atoms with Crippen molar-refractivity contribution in [3.8, 4) is 0 Å². The van der Waals surface area contributed by atoms with Crippen LogP contribution >= 0.6 is 0 Å². The van der Waals surface area contributed by atoms with E-state index in [0.717, 1.165) is 24.4 Å². The second kappa shape index (κ2) is 8.83. The summed E-state index contributed by atoms with van der Waals surface area (Å²) in [5.41, 5.74) is 5.12. The van der Waals surface area contributed by atoms with Crippen molar-refractivity contribution >= 4 is 0 Å². The molecule has 0 aliphatic carbocycles. The zero-order chi connectivity index (χ0) is 20.8. The first kappa shape index (κ1) is 19.7. The summed E-state index contributed by atoms with van der Waals surface area (Å²) in [7, 11) is 0. The van der Waals surface area contributed by atoms with Crippen molar-refractivity contribution in [1.29, 1.82) is 0 Å². The molecule has 3 nitrogen and oxygen atoms in total. The Morgan fingerprint density at radius 1 is 0.833 bits per heavy atom. The Morgan fingerprint density at radius 3 is 1.73 bits per heavy atom. The third kappa shape index (κ3) is 3.79. The van der Waals surface area contributed by atoms with Crippen LogP contribution in [0.4, 0.5) is 0 Å². The lowest BCUT2D eigenvalue weighted by Crippen LogP contribution is -2.36. The Labute approximate surface area is 178 Å². The van der Waals surface area contributed by atoms with Crippen molar-refractivity contribution in [2.45, 2.75) is 18.9 Å². The van der Waals surface area contributed by atoms with Crippen LogP contribution in [0, 0.1) is 0 Å². The van der Waals surface area contributed by atoms with Crippen LogP contribution in [0.2, 0.25) is 0 Å². The van der Waals surface area contributed by atoms with E-state index in [9.17, 15) is 0 Å². The second-order valence-corrected chi connectivity index (χ2v) is 7.54. The molecule has 0 fully saturated rings. The molecule has 1 heterocycles. The summed E-state index contributed by atoms with van der Waals surface area (Å²) in [5.74, 6) is 0. The summed E-state index contributed by atoms with van der Waals surface area (Å²) in [6, 6.07) is 32.0. The summed E-state index contributed by atoms with van der Waals surface area (Å²) >= 11 is 0. The van der Waals surface area contributed by atoms with E-state index in [-0.39, 0.29) is 0 Å². The molecular weight excluding hydrogens is 366 g/mol. The summed E-state index contributed by atoms with van der Waals surface area (Å²) in [6.07, 6.45) is 4.98. The Morgan fingerprint density at radius 2 is 1.30 bits per heavy atom. The largest absolute Gasteiger partial charge is 0.389 e. The maximum Gasteiger partial charge on any atom is 0.121 e. The third-order valence-electron chi connectivity index (χ3n) is 5.41. The quantitative estimate of drug-likeness (QED) is 0.407. The van der Waals surface area contributed by atoms with E-state index in [0.29, 0.717) is 0 Å². The molecule has 30 heavy (non-hydrogen) atoms. The maximum absolute atomic E-state index is 4.75. The zero-order valence-electron chi connectivity index (χ0n) is 17.3. The van der Waals surface area contributed by atoms with Gasteiger partial charge in [-0.1, -0.05) is 97.6 Å². The lowest BCUT2D eigenvalue weighted by molar-refractivity contribution is 0.514. The third-order valence-corrected chi connectivity index (χ3v) is 5.41. The molecular formula is C27H27N3. The van der Waals surface area contributed by atoms with Crippen LogP contribution in [-0.2, 0) is 12.0 Å². The van der Waals surface area contributed by atoms with Gasteiger partial charge in [-0.2, -0.15) is 0 Å². The topological polar surface area (TPSA) is 29.9 Å². The molecule has 0 radical (unpaired) electrons. The Balaban J connectivity index is 1.90. The fraction of sp³-hybridized carbons (Fsp3) is 0.148. The lowest BCUT2D eigenvalue weighted by Gasteiger charge is -2.37. The average Bonchev–Trinajstić information content (AvgIpc) is 3.25. The van der Waals surface area contributed by atoms with E-state index in [4.69, 9.17) is 4.98 Å². The number of imidazole rings is 1. The predicted octanol–water partition coefficient (Wildman–Crippen LogP) is 5.39. The van der Waals surface area contributed by atoms with E-state index in [1.165, 1.54) is 16.7 Å². The lowest BCUT2D eigenvalue weighted by atomic mass is 9.77. The summed E-state index contributed by atoms with van der Waals surface area (Å²) < 4.78 is 2.25. The number of nitrogens with one attached hydrogen (secondary N) is 1. The number of aromatic nitrogens is 2. The first-order chi connectivity index (χ1) is 14.7. The molecule has 4 aromatic rings. The van der Waals surface area contributed by atoms with Gasteiger partial charge in [0.2, 0.25) is 0 Å².